The van der Waals surface area contributed by atoms with E-state index in [4.69, 9.17) is 17.4 Å². The molecule has 0 radical (unpaired) electrons. The van der Waals surface area contributed by atoms with E-state index in [2.05, 4.69) is 10.4 Å². The highest BCUT2D eigenvalue weighted by Gasteiger charge is 2.00. The van der Waals surface area contributed by atoms with Crippen molar-refractivity contribution < 1.29 is 4.79 Å². The molecule has 0 unspecified atom stereocenters. The number of aromatic nitrogens is 2. The van der Waals surface area contributed by atoms with Crippen LogP contribution in [-0.2, 0) is 11.3 Å². The van der Waals surface area contributed by atoms with Gasteiger partial charge >= 0.3 is 5.69 Å². The molecule has 1 aromatic rings. The highest BCUT2D eigenvalue weighted by atomic mass is 35.5. The SMILES string of the molecule is NNC(=O)CCCCCn1cc(Cl)cnc1=O. The number of hydrogen-bond acceptors (Lipinski definition) is 4. The Balaban J connectivity index is 2.29. The first-order valence-corrected chi connectivity index (χ1v) is 5.72. The molecule has 1 amide bonds. The number of carbonyl (C=O) groups is 1. The van der Waals surface area contributed by atoms with Crippen molar-refractivity contribution in [2.75, 3.05) is 0 Å². The fourth-order valence-electron chi connectivity index (χ4n) is 1.41. The lowest BCUT2D eigenvalue weighted by atomic mass is 10.2. The van der Waals surface area contributed by atoms with Crippen LogP contribution in [0.1, 0.15) is 25.7 Å². The molecule has 1 heterocycles. The average Bonchev–Trinajstić information content (AvgIpc) is 2.32. The summed E-state index contributed by atoms with van der Waals surface area (Å²) in [7, 11) is 0. The quantitative estimate of drug-likeness (QED) is 0.335. The second-order valence-corrected chi connectivity index (χ2v) is 4.06. The minimum Gasteiger partial charge on any atom is -0.298 e. The topological polar surface area (TPSA) is 90.0 Å². The zero-order valence-electron chi connectivity index (χ0n) is 9.36. The zero-order valence-corrected chi connectivity index (χ0v) is 10.1. The van der Waals surface area contributed by atoms with Crippen LogP contribution in [0.5, 0.6) is 0 Å². The molecule has 0 saturated heterocycles. The van der Waals surface area contributed by atoms with Gasteiger partial charge in [0.15, 0.2) is 0 Å². The van der Waals surface area contributed by atoms with Crippen molar-refractivity contribution >= 4 is 17.5 Å². The Morgan fingerprint density at radius 3 is 2.94 bits per heavy atom. The summed E-state index contributed by atoms with van der Waals surface area (Å²) in [6.07, 6.45) is 5.66. The molecule has 3 N–H and O–H groups in total. The van der Waals surface area contributed by atoms with Crippen molar-refractivity contribution in [2.24, 2.45) is 5.84 Å². The van der Waals surface area contributed by atoms with E-state index in [1.165, 1.54) is 10.8 Å². The zero-order chi connectivity index (χ0) is 12.7. The number of amides is 1. The first kappa shape index (κ1) is 13.7. The van der Waals surface area contributed by atoms with Gasteiger partial charge in [0.05, 0.1) is 11.2 Å². The standard InChI is InChI=1S/C10H15ClN4O2/c11-8-6-13-10(17)15(7-8)5-3-1-2-4-9(16)14-12/h6-7H,1-5,12H2,(H,14,16). The molecule has 6 nitrogen and oxygen atoms in total. The highest BCUT2D eigenvalue weighted by molar-refractivity contribution is 6.30. The van der Waals surface area contributed by atoms with Crippen molar-refractivity contribution in [3.8, 4) is 0 Å². The van der Waals surface area contributed by atoms with Crippen LogP contribution < -0.4 is 17.0 Å². The third kappa shape index (κ3) is 4.97. The number of nitrogens with one attached hydrogen (secondary N) is 1. The van der Waals surface area contributed by atoms with Crippen molar-refractivity contribution in [3.63, 3.8) is 0 Å². The number of hydrogen-bond donors (Lipinski definition) is 2. The number of aryl methyl sites for hydroxylation is 1. The molecule has 17 heavy (non-hydrogen) atoms. The Kier molecular flexibility index (Phi) is 5.65. The van der Waals surface area contributed by atoms with Crippen LogP contribution >= 0.6 is 11.6 Å². The number of unbranched alkanes of at least 4 members (excludes halogenated alkanes) is 2. The van der Waals surface area contributed by atoms with E-state index < -0.39 is 0 Å². The molecule has 0 aliphatic rings. The lowest BCUT2D eigenvalue weighted by Crippen LogP contribution is -2.29. The van der Waals surface area contributed by atoms with Crippen molar-refractivity contribution in [1.29, 1.82) is 0 Å². The first-order valence-electron chi connectivity index (χ1n) is 5.35. The second kappa shape index (κ2) is 7.03. The van der Waals surface area contributed by atoms with Crippen LogP contribution in [0.15, 0.2) is 17.2 Å². The first-order chi connectivity index (χ1) is 8.13. The van der Waals surface area contributed by atoms with E-state index in [9.17, 15) is 9.59 Å². The monoisotopic (exact) mass is 258 g/mol. The molecule has 0 saturated carbocycles. The number of halogens is 1. The number of rotatable bonds is 6. The largest absolute Gasteiger partial charge is 0.347 e. The summed E-state index contributed by atoms with van der Waals surface area (Å²) < 4.78 is 1.46. The van der Waals surface area contributed by atoms with Gasteiger partial charge in [-0.15, -0.1) is 0 Å². The molecule has 0 fully saturated rings. The molecule has 1 rings (SSSR count). The maximum absolute atomic E-state index is 11.3. The van der Waals surface area contributed by atoms with Gasteiger partial charge in [0.1, 0.15) is 0 Å². The van der Waals surface area contributed by atoms with Crippen LogP contribution in [0.3, 0.4) is 0 Å². The molecule has 0 aliphatic carbocycles. The second-order valence-electron chi connectivity index (χ2n) is 3.63. The molecular formula is C10H15ClN4O2. The molecule has 94 valence electrons. The van der Waals surface area contributed by atoms with E-state index in [0.717, 1.165) is 19.3 Å². The minimum atomic E-state index is -0.311. The van der Waals surface area contributed by atoms with Crippen molar-refractivity contribution in [3.05, 3.63) is 27.9 Å². The van der Waals surface area contributed by atoms with Crippen LogP contribution in [0.25, 0.3) is 0 Å². The van der Waals surface area contributed by atoms with E-state index in [0.29, 0.717) is 18.0 Å². The Morgan fingerprint density at radius 2 is 2.24 bits per heavy atom. The number of nitrogens with zero attached hydrogens (tertiary/aromatic N) is 2. The van der Waals surface area contributed by atoms with Gasteiger partial charge in [-0.25, -0.2) is 15.6 Å². The Morgan fingerprint density at radius 1 is 1.47 bits per heavy atom. The van der Waals surface area contributed by atoms with Crippen LogP contribution in [0.2, 0.25) is 5.02 Å². The normalized spacial score (nSPS) is 10.2. The fraction of sp³-hybridized carbons (Fsp3) is 0.500. The van der Waals surface area contributed by atoms with Gasteiger partial charge in [-0.1, -0.05) is 18.0 Å². The smallest absolute Gasteiger partial charge is 0.298 e. The predicted molar refractivity (Wildman–Crippen MR) is 64.3 cm³/mol. The molecule has 7 heteroatoms. The van der Waals surface area contributed by atoms with Crippen molar-refractivity contribution in [1.82, 2.24) is 15.0 Å². The summed E-state index contributed by atoms with van der Waals surface area (Å²) in [4.78, 5) is 25.7. The van der Waals surface area contributed by atoms with Crippen LogP contribution in [0.4, 0.5) is 0 Å². The molecule has 0 atom stereocenters. The molecular weight excluding hydrogens is 244 g/mol. The Hall–Kier alpha value is -1.40. The lowest BCUT2D eigenvalue weighted by Gasteiger charge is -2.04. The Bertz CT molecular complexity index is 433. The van der Waals surface area contributed by atoms with E-state index in [-0.39, 0.29) is 11.6 Å². The third-order valence-corrected chi connectivity index (χ3v) is 2.48. The summed E-state index contributed by atoms with van der Waals surface area (Å²) in [5.74, 6) is 4.77. The van der Waals surface area contributed by atoms with Gasteiger partial charge in [-0.3, -0.25) is 14.8 Å². The summed E-state index contributed by atoms with van der Waals surface area (Å²) in [5.41, 5.74) is 1.76. The third-order valence-electron chi connectivity index (χ3n) is 2.29. The van der Waals surface area contributed by atoms with Crippen molar-refractivity contribution in [2.45, 2.75) is 32.2 Å². The summed E-state index contributed by atoms with van der Waals surface area (Å²) in [5, 5.41) is 0.437. The predicted octanol–water partition coefficient (Wildman–Crippen LogP) is 0.447. The van der Waals surface area contributed by atoms with Crippen LogP contribution in [0, 0.1) is 0 Å². The van der Waals surface area contributed by atoms with E-state index in [1.54, 1.807) is 6.20 Å². The number of hydrazine groups is 1. The maximum Gasteiger partial charge on any atom is 0.347 e. The molecule has 0 spiro atoms. The van der Waals surface area contributed by atoms with Gasteiger partial charge < -0.3 is 0 Å². The van der Waals surface area contributed by atoms with Gasteiger partial charge in [-0.2, -0.15) is 0 Å². The minimum absolute atomic E-state index is 0.174. The van der Waals surface area contributed by atoms with Gasteiger partial charge in [0.2, 0.25) is 5.91 Å². The molecule has 0 bridgehead atoms. The van der Waals surface area contributed by atoms with E-state index in [1.807, 2.05) is 0 Å². The van der Waals surface area contributed by atoms with Crippen LogP contribution in [-0.4, -0.2) is 15.5 Å². The van der Waals surface area contributed by atoms with Gasteiger partial charge in [0, 0.05) is 19.2 Å². The van der Waals surface area contributed by atoms with E-state index >= 15 is 0 Å². The summed E-state index contributed by atoms with van der Waals surface area (Å²) in [6, 6.07) is 0. The molecule has 0 aromatic carbocycles. The maximum atomic E-state index is 11.3. The highest BCUT2D eigenvalue weighted by Crippen LogP contribution is 2.04. The number of nitrogens with two attached hydrogens (primary N) is 1. The average molecular weight is 259 g/mol. The summed E-state index contributed by atoms with van der Waals surface area (Å²) in [6.45, 7) is 0.552. The molecule has 1 aromatic heterocycles. The van der Waals surface area contributed by atoms with Gasteiger partial charge in [-0.05, 0) is 12.8 Å². The lowest BCUT2D eigenvalue weighted by molar-refractivity contribution is -0.121. The van der Waals surface area contributed by atoms with Gasteiger partial charge in [0.25, 0.3) is 0 Å². The molecule has 0 aliphatic heterocycles. The fourth-order valence-corrected chi connectivity index (χ4v) is 1.57. The number of carbonyl (C=O) groups excluding carboxylic acids is 1. The summed E-state index contributed by atoms with van der Waals surface area (Å²) >= 11 is 5.73. The Labute approximate surface area is 104 Å².